The van der Waals surface area contributed by atoms with E-state index in [4.69, 9.17) is 5.84 Å². The van der Waals surface area contributed by atoms with E-state index < -0.39 is 0 Å². The Morgan fingerprint density at radius 2 is 2.47 bits per heavy atom. The van der Waals surface area contributed by atoms with Gasteiger partial charge in [-0.05, 0) is 7.05 Å². The lowest BCUT2D eigenvalue weighted by Crippen LogP contribution is -2.33. The molecule has 3 N–H and O–H groups in total. The van der Waals surface area contributed by atoms with Gasteiger partial charge in [0, 0.05) is 38.3 Å². The van der Waals surface area contributed by atoms with Crippen molar-refractivity contribution in [3.05, 3.63) is 18.0 Å². The zero-order chi connectivity index (χ0) is 11.3. The van der Waals surface area contributed by atoms with Crippen LogP contribution in [0.25, 0.3) is 0 Å². The van der Waals surface area contributed by atoms with Gasteiger partial charge in [0.25, 0.3) is 0 Å². The lowest BCUT2D eigenvalue weighted by molar-refractivity contribution is -0.121. The summed E-state index contributed by atoms with van der Waals surface area (Å²) in [6.45, 7) is 1.46. The van der Waals surface area contributed by atoms with Gasteiger partial charge in [0.05, 0.1) is 6.20 Å². The number of hydrogen-bond donors (Lipinski definition) is 2. The monoisotopic (exact) mass is 211 g/mol. The Bertz CT molecular complexity index is 322. The summed E-state index contributed by atoms with van der Waals surface area (Å²) in [7, 11) is 3.84. The molecular weight excluding hydrogens is 194 g/mol. The molecule has 0 atom stereocenters. The fraction of sp³-hybridized carbons (Fsp3) is 0.556. The van der Waals surface area contributed by atoms with Gasteiger partial charge in [-0.2, -0.15) is 5.10 Å². The van der Waals surface area contributed by atoms with Gasteiger partial charge in [-0.15, -0.1) is 0 Å². The van der Waals surface area contributed by atoms with Gasteiger partial charge in [-0.1, -0.05) is 0 Å². The zero-order valence-electron chi connectivity index (χ0n) is 9.10. The van der Waals surface area contributed by atoms with E-state index in [-0.39, 0.29) is 5.91 Å². The van der Waals surface area contributed by atoms with Crippen LogP contribution in [0.5, 0.6) is 0 Å². The Morgan fingerprint density at radius 1 is 1.73 bits per heavy atom. The molecule has 0 saturated heterocycles. The van der Waals surface area contributed by atoms with Crippen LogP contribution >= 0.6 is 0 Å². The Hall–Kier alpha value is -1.40. The van der Waals surface area contributed by atoms with Crippen molar-refractivity contribution in [1.82, 2.24) is 20.1 Å². The smallest absolute Gasteiger partial charge is 0.235 e. The molecule has 0 aliphatic rings. The van der Waals surface area contributed by atoms with Crippen molar-refractivity contribution in [2.24, 2.45) is 12.9 Å². The van der Waals surface area contributed by atoms with Gasteiger partial charge in [0.15, 0.2) is 0 Å². The molecule has 84 valence electrons. The average molecular weight is 211 g/mol. The molecule has 1 aromatic rings. The molecule has 6 nitrogen and oxygen atoms in total. The summed E-state index contributed by atoms with van der Waals surface area (Å²) in [6.07, 6.45) is 4.19. The van der Waals surface area contributed by atoms with E-state index in [9.17, 15) is 4.79 Å². The van der Waals surface area contributed by atoms with E-state index in [2.05, 4.69) is 10.5 Å². The van der Waals surface area contributed by atoms with Crippen LogP contribution in [0.4, 0.5) is 0 Å². The van der Waals surface area contributed by atoms with E-state index in [0.717, 1.165) is 12.1 Å². The molecule has 6 heteroatoms. The van der Waals surface area contributed by atoms with E-state index in [1.807, 2.05) is 31.4 Å². The van der Waals surface area contributed by atoms with Crippen LogP contribution < -0.4 is 11.3 Å². The summed E-state index contributed by atoms with van der Waals surface area (Å²) < 4.78 is 1.76. The SMILES string of the molecule is CN(CCC(=O)NN)Cc1cnn(C)c1. The number of hydrogen-bond acceptors (Lipinski definition) is 4. The van der Waals surface area contributed by atoms with Gasteiger partial charge < -0.3 is 4.90 Å². The minimum atomic E-state index is -0.145. The molecule has 0 bridgehead atoms. The van der Waals surface area contributed by atoms with Crippen molar-refractivity contribution >= 4 is 5.91 Å². The molecule has 0 spiro atoms. The molecule has 1 amide bonds. The Morgan fingerprint density at radius 3 is 3.00 bits per heavy atom. The zero-order valence-corrected chi connectivity index (χ0v) is 9.10. The summed E-state index contributed by atoms with van der Waals surface area (Å²) in [6, 6.07) is 0. The highest BCUT2D eigenvalue weighted by Crippen LogP contribution is 2.01. The standard InChI is InChI=1S/C9H17N5O/c1-13(4-3-9(15)12-10)6-8-5-11-14(2)7-8/h5,7H,3-4,6,10H2,1-2H3,(H,12,15). The number of nitrogens with zero attached hydrogens (tertiary/aromatic N) is 3. The second-order valence-electron chi connectivity index (χ2n) is 3.58. The number of aromatic nitrogens is 2. The summed E-state index contributed by atoms with van der Waals surface area (Å²) in [4.78, 5) is 12.9. The first kappa shape index (κ1) is 11.7. The molecule has 15 heavy (non-hydrogen) atoms. The van der Waals surface area contributed by atoms with Crippen LogP contribution in [0.3, 0.4) is 0 Å². The topological polar surface area (TPSA) is 76.2 Å². The van der Waals surface area contributed by atoms with Crippen LogP contribution in [-0.4, -0.2) is 34.2 Å². The second-order valence-corrected chi connectivity index (χ2v) is 3.58. The van der Waals surface area contributed by atoms with Crippen LogP contribution in [-0.2, 0) is 18.4 Å². The third-order valence-corrected chi connectivity index (χ3v) is 2.09. The first-order chi connectivity index (χ1) is 7.11. The lowest BCUT2D eigenvalue weighted by atomic mass is 10.3. The molecule has 0 unspecified atom stereocenters. The fourth-order valence-electron chi connectivity index (χ4n) is 1.31. The quantitative estimate of drug-likeness (QED) is 0.381. The van der Waals surface area contributed by atoms with Crippen molar-refractivity contribution in [2.75, 3.05) is 13.6 Å². The Balaban J connectivity index is 2.30. The number of rotatable bonds is 5. The summed E-state index contributed by atoms with van der Waals surface area (Å²) in [5.41, 5.74) is 3.24. The normalized spacial score (nSPS) is 10.7. The van der Waals surface area contributed by atoms with Crippen molar-refractivity contribution < 1.29 is 4.79 Å². The molecule has 0 aliphatic heterocycles. The highest BCUT2D eigenvalue weighted by Gasteiger charge is 2.04. The first-order valence-corrected chi connectivity index (χ1v) is 4.77. The van der Waals surface area contributed by atoms with E-state index in [1.165, 1.54) is 0 Å². The van der Waals surface area contributed by atoms with Gasteiger partial charge in [-0.25, -0.2) is 5.84 Å². The van der Waals surface area contributed by atoms with Crippen molar-refractivity contribution in [2.45, 2.75) is 13.0 Å². The molecular formula is C9H17N5O. The maximum Gasteiger partial charge on any atom is 0.235 e. The number of nitrogens with two attached hydrogens (primary N) is 1. The maximum atomic E-state index is 10.9. The van der Waals surface area contributed by atoms with Gasteiger partial charge >= 0.3 is 0 Å². The number of nitrogens with one attached hydrogen (secondary N) is 1. The number of carbonyl (C=O) groups excluding carboxylic acids is 1. The van der Waals surface area contributed by atoms with Crippen LogP contribution in [0, 0.1) is 0 Å². The number of carbonyl (C=O) groups is 1. The minimum absolute atomic E-state index is 0.145. The molecule has 0 fully saturated rings. The highest BCUT2D eigenvalue weighted by molar-refractivity contribution is 5.75. The van der Waals surface area contributed by atoms with Crippen LogP contribution in [0.15, 0.2) is 12.4 Å². The van der Waals surface area contributed by atoms with E-state index in [0.29, 0.717) is 13.0 Å². The molecule has 0 radical (unpaired) electrons. The van der Waals surface area contributed by atoms with Gasteiger partial charge in [-0.3, -0.25) is 14.9 Å². The minimum Gasteiger partial charge on any atom is -0.301 e. The highest BCUT2D eigenvalue weighted by atomic mass is 16.2. The third kappa shape index (κ3) is 4.09. The Kier molecular flexibility index (Phi) is 4.26. The summed E-state index contributed by atoms with van der Waals surface area (Å²) >= 11 is 0. The predicted octanol–water partition coefficient (Wildman–Crippen LogP) is -0.768. The molecule has 1 heterocycles. The molecule has 1 aromatic heterocycles. The maximum absolute atomic E-state index is 10.9. The Labute approximate surface area is 89.0 Å². The van der Waals surface area contributed by atoms with Crippen molar-refractivity contribution in [3.8, 4) is 0 Å². The lowest BCUT2D eigenvalue weighted by Gasteiger charge is -2.14. The number of hydrazine groups is 1. The molecule has 0 aliphatic carbocycles. The van der Waals surface area contributed by atoms with E-state index >= 15 is 0 Å². The van der Waals surface area contributed by atoms with Crippen LogP contribution in [0.2, 0.25) is 0 Å². The summed E-state index contributed by atoms with van der Waals surface area (Å²) in [5, 5.41) is 4.07. The van der Waals surface area contributed by atoms with Gasteiger partial charge in [0.1, 0.15) is 0 Å². The number of aryl methyl sites for hydroxylation is 1. The number of amides is 1. The molecule has 0 saturated carbocycles. The van der Waals surface area contributed by atoms with Crippen molar-refractivity contribution in [3.63, 3.8) is 0 Å². The third-order valence-electron chi connectivity index (χ3n) is 2.09. The van der Waals surface area contributed by atoms with Crippen molar-refractivity contribution in [1.29, 1.82) is 0 Å². The van der Waals surface area contributed by atoms with Crippen LogP contribution in [0.1, 0.15) is 12.0 Å². The second kappa shape index (κ2) is 5.47. The predicted molar refractivity (Wildman–Crippen MR) is 56.5 cm³/mol. The average Bonchev–Trinajstić information content (AvgIpc) is 2.60. The molecule has 1 rings (SSSR count). The fourth-order valence-corrected chi connectivity index (χ4v) is 1.31. The molecule has 0 aromatic carbocycles. The first-order valence-electron chi connectivity index (χ1n) is 4.77. The summed E-state index contributed by atoms with van der Waals surface area (Å²) in [5.74, 6) is 4.84. The van der Waals surface area contributed by atoms with Gasteiger partial charge in [0.2, 0.25) is 5.91 Å². The van der Waals surface area contributed by atoms with E-state index in [1.54, 1.807) is 4.68 Å². The largest absolute Gasteiger partial charge is 0.301 e.